The maximum atomic E-state index is 12.2. The van der Waals surface area contributed by atoms with Crippen molar-refractivity contribution in [2.75, 3.05) is 0 Å². The van der Waals surface area contributed by atoms with Gasteiger partial charge in [-0.1, -0.05) is 32.9 Å². The van der Waals surface area contributed by atoms with Gasteiger partial charge in [-0.15, -0.1) is 0 Å². The molecule has 1 aromatic heterocycles. The number of esters is 1. The number of benzene rings is 1. The van der Waals surface area contributed by atoms with Crippen molar-refractivity contribution in [1.82, 2.24) is 9.97 Å². The molecule has 1 saturated carbocycles. The van der Waals surface area contributed by atoms with Crippen LogP contribution in [0.15, 0.2) is 29.1 Å². The number of carbonyl (C=O) groups excluding carboxylic acids is 1. The summed E-state index contributed by atoms with van der Waals surface area (Å²) in [6, 6.07) is 7.21. The van der Waals surface area contributed by atoms with Crippen molar-refractivity contribution in [2.24, 2.45) is 11.3 Å². The van der Waals surface area contributed by atoms with E-state index < -0.39 is 0 Å². The highest BCUT2D eigenvalue weighted by Gasteiger charge is 2.31. The van der Waals surface area contributed by atoms with Crippen LogP contribution in [-0.4, -0.2) is 22.0 Å². The molecule has 0 amide bonds. The Morgan fingerprint density at radius 3 is 2.58 bits per heavy atom. The first-order chi connectivity index (χ1) is 12.3. The molecule has 5 nitrogen and oxygen atoms in total. The van der Waals surface area contributed by atoms with Crippen molar-refractivity contribution in [3.8, 4) is 0 Å². The van der Waals surface area contributed by atoms with Gasteiger partial charge in [0.05, 0.1) is 17.3 Å². The largest absolute Gasteiger partial charge is 0.462 e. The predicted molar refractivity (Wildman–Crippen MR) is 102 cm³/mol. The van der Waals surface area contributed by atoms with Crippen LogP contribution in [0.3, 0.4) is 0 Å². The van der Waals surface area contributed by atoms with Gasteiger partial charge in [0.2, 0.25) is 0 Å². The average molecular weight is 356 g/mol. The Kier molecular flexibility index (Phi) is 5.44. The lowest BCUT2D eigenvalue weighted by Crippen LogP contribution is -2.30. The van der Waals surface area contributed by atoms with Crippen LogP contribution in [0.25, 0.3) is 10.9 Å². The third-order valence-corrected chi connectivity index (χ3v) is 5.42. The van der Waals surface area contributed by atoms with Crippen molar-refractivity contribution < 1.29 is 9.53 Å². The molecule has 3 rings (SSSR count). The number of nitrogens with zero attached hydrogens (tertiary/aromatic N) is 1. The molecule has 0 spiro atoms. The van der Waals surface area contributed by atoms with Gasteiger partial charge in [-0.3, -0.25) is 9.59 Å². The van der Waals surface area contributed by atoms with Crippen molar-refractivity contribution in [3.05, 3.63) is 40.4 Å². The number of ether oxygens (including phenoxy) is 1. The molecule has 0 aliphatic heterocycles. The van der Waals surface area contributed by atoms with Crippen LogP contribution in [0.5, 0.6) is 0 Å². The lowest BCUT2D eigenvalue weighted by atomic mass is 9.72. The van der Waals surface area contributed by atoms with Crippen molar-refractivity contribution >= 4 is 16.9 Å². The molecular weight excluding hydrogens is 328 g/mol. The lowest BCUT2D eigenvalue weighted by Gasteiger charge is -2.36. The topological polar surface area (TPSA) is 72.0 Å². The highest BCUT2D eigenvalue weighted by atomic mass is 16.5. The minimum Gasteiger partial charge on any atom is -0.462 e. The maximum absolute atomic E-state index is 12.2. The summed E-state index contributed by atoms with van der Waals surface area (Å²) in [7, 11) is 0. The molecule has 5 heteroatoms. The summed E-state index contributed by atoms with van der Waals surface area (Å²) in [5.74, 6) is 1.02. The summed E-state index contributed by atoms with van der Waals surface area (Å²) in [5.41, 5.74) is 0.808. The number of hydrogen-bond acceptors (Lipinski definition) is 4. The minimum atomic E-state index is -0.208. The number of para-hydroxylation sites is 1. The number of hydrogen-bond donors (Lipinski definition) is 1. The van der Waals surface area contributed by atoms with Gasteiger partial charge in [-0.2, -0.15) is 0 Å². The van der Waals surface area contributed by atoms with Gasteiger partial charge in [-0.05, 0) is 49.1 Å². The normalized spacial score (nSPS) is 20.9. The van der Waals surface area contributed by atoms with Gasteiger partial charge in [0, 0.05) is 6.42 Å². The second-order valence-corrected chi connectivity index (χ2v) is 8.36. The highest BCUT2D eigenvalue weighted by molar-refractivity contribution is 5.77. The first kappa shape index (κ1) is 18.6. The third-order valence-electron chi connectivity index (χ3n) is 5.42. The number of carbonyl (C=O) groups is 1. The van der Waals surface area contributed by atoms with Gasteiger partial charge in [0.25, 0.3) is 5.56 Å². The van der Waals surface area contributed by atoms with E-state index in [1.54, 1.807) is 12.1 Å². The van der Waals surface area contributed by atoms with E-state index in [1.165, 1.54) is 0 Å². The molecule has 26 heavy (non-hydrogen) atoms. The number of rotatable bonds is 4. The summed E-state index contributed by atoms with van der Waals surface area (Å²) in [4.78, 5) is 31.4. The summed E-state index contributed by atoms with van der Waals surface area (Å²) >= 11 is 0. The number of H-pyrrole nitrogens is 1. The second-order valence-electron chi connectivity index (χ2n) is 8.36. The van der Waals surface area contributed by atoms with Crippen LogP contribution in [-0.2, 0) is 16.0 Å². The maximum Gasteiger partial charge on any atom is 0.306 e. The van der Waals surface area contributed by atoms with Crippen molar-refractivity contribution in [2.45, 2.75) is 65.4 Å². The van der Waals surface area contributed by atoms with E-state index in [4.69, 9.17) is 4.74 Å². The monoisotopic (exact) mass is 356 g/mol. The first-order valence-corrected chi connectivity index (χ1v) is 9.50. The fourth-order valence-corrected chi connectivity index (χ4v) is 3.77. The lowest BCUT2D eigenvalue weighted by molar-refractivity contribution is -0.151. The molecule has 1 aliphatic rings. The SMILES string of the molecule is CC(C)(C)C1CCC(OC(=O)CCc2nc3ccccc3c(=O)[nH]2)CC1. The predicted octanol–water partition coefficient (Wildman–Crippen LogP) is 4.00. The number of fused-ring (bicyclic) bond motifs is 1. The molecule has 0 saturated heterocycles. The van der Waals surface area contributed by atoms with E-state index >= 15 is 0 Å². The number of nitrogens with one attached hydrogen (secondary N) is 1. The van der Waals surface area contributed by atoms with Gasteiger partial charge in [0.1, 0.15) is 11.9 Å². The number of aromatic nitrogens is 2. The smallest absolute Gasteiger partial charge is 0.306 e. The Balaban J connectivity index is 1.51. The van der Waals surface area contributed by atoms with Crippen molar-refractivity contribution in [1.29, 1.82) is 0 Å². The first-order valence-electron chi connectivity index (χ1n) is 9.50. The molecule has 0 atom stereocenters. The van der Waals surface area contributed by atoms with E-state index in [9.17, 15) is 9.59 Å². The molecule has 1 heterocycles. The second kappa shape index (κ2) is 7.60. The number of aromatic amines is 1. The van der Waals surface area contributed by atoms with Gasteiger partial charge < -0.3 is 9.72 Å². The zero-order valence-corrected chi connectivity index (χ0v) is 15.9. The molecule has 140 valence electrons. The third kappa shape index (κ3) is 4.51. The highest BCUT2D eigenvalue weighted by Crippen LogP contribution is 2.38. The minimum absolute atomic E-state index is 0.0321. The average Bonchev–Trinajstić information content (AvgIpc) is 2.60. The zero-order valence-electron chi connectivity index (χ0n) is 15.9. The quantitative estimate of drug-likeness (QED) is 0.840. The molecule has 0 unspecified atom stereocenters. The summed E-state index contributed by atoms with van der Waals surface area (Å²) in [6.07, 6.45) is 4.76. The van der Waals surface area contributed by atoms with Crippen molar-refractivity contribution in [3.63, 3.8) is 0 Å². The zero-order chi connectivity index (χ0) is 18.7. The van der Waals surface area contributed by atoms with E-state index in [0.29, 0.717) is 34.5 Å². The van der Waals surface area contributed by atoms with Crippen LogP contribution < -0.4 is 5.56 Å². The van der Waals surface area contributed by atoms with Crippen LogP contribution in [0.1, 0.15) is 58.7 Å². The summed E-state index contributed by atoms with van der Waals surface area (Å²) in [6.45, 7) is 6.84. The van der Waals surface area contributed by atoms with E-state index in [-0.39, 0.29) is 24.1 Å². The fraction of sp³-hybridized carbons (Fsp3) is 0.571. The molecule has 1 aliphatic carbocycles. The molecule has 0 radical (unpaired) electrons. The van der Waals surface area contributed by atoms with Crippen LogP contribution in [0.2, 0.25) is 0 Å². The Morgan fingerprint density at radius 1 is 1.19 bits per heavy atom. The van der Waals surface area contributed by atoms with E-state index in [1.807, 2.05) is 12.1 Å². The fourth-order valence-electron chi connectivity index (χ4n) is 3.77. The summed E-state index contributed by atoms with van der Waals surface area (Å²) < 4.78 is 5.63. The Hall–Kier alpha value is -2.17. The molecular formula is C21H28N2O3. The van der Waals surface area contributed by atoms with Gasteiger partial charge >= 0.3 is 5.97 Å². The molecule has 0 bridgehead atoms. The molecule has 2 aromatic rings. The van der Waals surface area contributed by atoms with E-state index in [0.717, 1.165) is 25.7 Å². The summed E-state index contributed by atoms with van der Waals surface area (Å²) in [5, 5.41) is 0.564. The van der Waals surface area contributed by atoms with Gasteiger partial charge in [0.15, 0.2) is 0 Å². The Bertz CT molecular complexity index is 827. The van der Waals surface area contributed by atoms with Crippen LogP contribution in [0, 0.1) is 11.3 Å². The number of aryl methyl sites for hydroxylation is 1. The molecule has 1 fully saturated rings. The Morgan fingerprint density at radius 2 is 1.88 bits per heavy atom. The van der Waals surface area contributed by atoms with Crippen LogP contribution >= 0.6 is 0 Å². The Labute approximate surface area is 154 Å². The molecule has 1 N–H and O–H groups in total. The molecule has 1 aromatic carbocycles. The van der Waals surface area contributed by atoms with Crippen LogP contribution in [0.4, 0.5) is 0 Å². The standard InChI is InChI=1S/C21H28N2O3/c1-21(2,3)14-8-10-15(11-9-14)26-19(24)13-12-18-22-17-7-5-4-6-16(17)20(25)23-18/h4-7,14-15H,8-13H2,1-3H3,(H,22,23,25). The van der Waals surface area contributed by atoms with E-state index in [2.05, 4.69) is 30.7 Å². The van der Waals surface area contributed by atoms with Gasteiger partial charge in [-0.25, -0.2) is 4.98 Å².